The Hall–Kier alpha value is -0.120. The largest absolute Gasteiger partial charge is 0.394 e. The highest BCUT2D eigenvalue weighted by Crippen LogP contribution is 2.34. The third kappa shape index (κ3) is 3.94. The molecule has 3 heteroatoms. The third-order valence-corrected chi connectivity index (χ3v) is 4.51. The molecule has 0 spiro atoms. The Balaban J connectivity index is 1.69. The first kappa shape index (κ1) is 13.3. The lowest BCUT2D eigenvalue weighted by molar-refractivity contribution is 0.0821. The van der Waals surface area contributed by atoms with Gasteiger partial charge in [-0.2, -0.15) is 0 Å². The zero-order chi connectivity index (χ0) is 12.3. The van der Waals surface area contributed by atoms with E-state index in [0.29, 0.717) is 0 Å². The third-order valence-electron chi connectivity index (χ3n) is 4.51. The smallest absolute Gasteiger partial charge is 0.0608 e. The molecule has 0 aromatic carbocycles. The minimum Gasteiger partial charge on any atom is -0.394 e. The van der Waals surface area contributed by atoms with Crippen LogP contribution < -0.4 is 5.73 Å². The van der Waals surface area contributed by atoms with Crippen LogP contribution in [0.15, 0.2) is 0 Å². The molecule has 2 fully saturated rings. The van der Waals surface area contributed by atoms with Gasteiger partial charge >= 0.3 is 0 Å². The molecule has 0 aromatic heterocycles. The van der Waals surface area contributed by atoms with Crippen molar-refractivity contribution in [1.29, 1.82) is 0 Å². The number of likely N-dealkylation sites (tertiary alicyclic amines) is 1. The number of fused-ring (bicyclic) bond motifs is 2. The zero-order valence-electron chi connectivity index (χ0n) is 11.2. The molecule has 1 saturated carbocycles. The van der Waals surface area contributed by atoms with E-state index in [9.17, 15) is 0 Å². The highest BCUT2D eigenvalue weighted by atomic mass is 16.3. The van der Waals surface area contributed by atoms with Crippen molar-refractivity contribution in [2.45, 2.75) is 51.0 Å². The summed E-state index contributed by atoms with van der Waals surface area (Å²) in [5.41, 5.74) is 5.57. The predicted molar refractivity (Wildman–Crippen MR) is 70.8 cm³/mol. The molecule has 2 bridgehead atoms. The van der Waals surface area contributed by atoms with E-state index < -0.39 is 0 Å². The Kier molecular flexibility index (Phi) is 4.45. The molecule has 0 aromatic rings. The fourth-order valence-electron chi connectivity index (χ4n) is 3.51. The van der Waals surface area contributed by atoms with Crippen LogP contribution >= 0.6 is 0 Å². The van der Waals surface area contributed by atoms with E-state index in [2.05, 4.69) is 4.90 Å². The standard InChI is InChI=1S/C14H28N2O/c1-14(15,11-17)6-3-7-16-9-12-4-2-5-13(8-12)10-16/h12-13,17H,2-11,15H2,1H3. The van der Waals surface area contributed by atoms with Gasteiger partial charge in [0.2, 0.25) is 0 Å². The van der Waals surface area contributed by atoms with Crippen LogP contribution in [0, 0.1) is 11.8 Å². The number of piperidine rings is 1. The van der Waals surface area contributed by atoms with E-state index in [0.717, 1.165) is 24.7 Å². The number of aliphatic hydroxyl groups is 1. The van der Waals surface area contributed by atoms with Crippen molar-refractivity contribution >= 4 is 0 Å². The molecule has 3 atom stereocenters. The number of hydrogen-bond donors (Lipinski definition) is 2. The fraction of sp³-hybridized carbons (Fsp3) is 1.00. The van der Waals surface area contributed by atoms with Crippen molar-refractivity contribution in [2.24, 2.45) is 17.6 Å². The Labute approximate surface area is 105 Å². The van der Waals surface area contributed by atoms with E-state index in [1.807, 2.05) is 6.92 Å². The topological polar surface area (TPSA) is 49.5 Å². The van der Waals surface area contributed by atoms with Gasteiger partial charge in [0.05, 0.1) is 6.61 Å². The van der Waals surface area contributed by atoms with Crippen LogP contribution in [0.1, 0.15) is 45.4 Å². The molecule has 100 valence electrons. The van der Waals surface area contributed by atoms with E-state index in [1.54, 1.807) is 0 Å². The second kappa shape index (κ2) is 5.68. The normalized spacial score (nSPS) is 33.4. The first-order chi connectivity index (χ1) is 8.09. The number of hydrogen-bond acceptors (Lipinski definition) is 3. The minimum atomic E-state index is -0.383. The van der Waals surface area contributed by atoms with Crippen molar-refractivity contribution in [3.8, 4) is 0 Å². The van der Waals surface area contributed by atoms with Crippen LogP contribution in [0.25, 0.3) is 0 Å². The van der Waals surface area contributed by atoms with Crippen molar-refractivity contribution < 1.29 is 5.11 Å². The fourth-order valence-corrected chi connectivity index (χ4v) is 3.51. The first-order valence-electron chi connectivity index (χ1n) is 7.21. The molecule has 3 unspecified atom stereocenters. The maximum Gasteiger partial charge on any atom is 0.0608 e. The Morgan fingerprint density at radius 3 is 2.53 bits per heavy atom. The second-order valence-electron chi connectivity index (χ2n) is 6.57. The van der Waals surface area contributed by atoms with Gasteiger partial charge in [0.25, 0.3) is 0 Å². The van der Waals surface area contributed by atoms with E-state index in [-0.39, 0.29) is 12.1 Å². The quantitative estimate of drug-likeness (QED) is 0.767. The predicted octanol–water partition coefficient (Wildman–Crippen LogP) is 1.60. The summed E-state index contributed by atoms with van der Waals surface area (Å²) in [6.07, 6.45) is 7.86. The van der Waals surface area contributed by atoms with Gasteiger partial charge in [-0.05, 0) is 57.4 Å². The van der Waals surface area contributed by atoms with Gasteiger partial charge < -0.3 is 15.7 Å². The van der Waals surface area contributed by atoms with Crippen molar-refractivity contribution in [1.82, 2.24) is 4.90 Å². The van der Waals surface area contributed by atoms with Crippen molar-refractivity contribution in [3.05, 3.63) is 0 Å². The SMILES string of the molecule is CC(N)(CO)CCCN1CC2CCCC(C2)C1. The van der Waals surface area contributed by atoms with Crippen LogP contribution in [0.3, 0.4) is 0 Å². The van der Waals surface area contributed by atoms with Crippen LogP contribution in [0.2, 0.25) is 0 Å². The van der Waals surface area contributed by atoms with Crippen LogP contribution in [0.4, 0.5) is 0 Å². The maximum atomic E-state index is 9.12. The molecule has 3 nitrogen and oxygen atoms in total. The summed E-state index contributed by atoms with van der Waals surface area (Å²) in [6.45, 7) is 5.81. The van der Waals surface area contributed by atoms with Gasteiger partial charge in [-0.25, -0.2) is 0 Å². The molecule has 0 radical (unpaired) electrons. The molecule has 1 aliphatic heterocycles. The van der Waals surface area contributed by atoms with Crippen molar-refractivity contribution in [3.63, 3.8) is 0 Å². The monoisotopic (exact) mass is 240 g/mol. The Bertz CT molecular complexity index is 230. The second-order valence-corrected chi connectivity index (χ2v) is 6.57. The highest BCUT2D eigenvalue weighted by molar-refractivity contribution is 4.84. The van der Waals surface area contributed by atoms with Gasteiger partial charge in [0.15, 0.2) is 0 Å². The molecule has 2 rings (SSSR count). The summed E-state index contributed by atoms with van der Waals surface area (Å²) >= 11 is 0. The molecule has 2 aliphatic rings. The highest BCUT2D eigenvalue weighted by Gasteiger charge is 2.30. The van der Waals surface area contributed by atoms with Gasteiger partial charge in [0, 0.05) is 18.6 Å². The maximum absolute atomic E-state index is 9.12. The zero-order valence-corrected chi connectivity index (χ0v) is 11.2. The van der Waals surface area contributed by atoms with Gasteiger partial charge in [-0.15, -0.1) is 0 Å². The summed E-state index contributed by atoms with van der Waals surface area (Å²) in [7, 11) is 0. The van der Waals surface area contributed by atoms with Gasteiger partial charge in [-0.3, -0.25) is 0 Å². The van der Waals surface area contributed by atoms with Crippen LogP contribution in [-0.2, 0) is 0 Å². The lowest BCUT2D eigenvalue weighted by Gasteiger charge is -2.41. The molecule has 1 aliphatic carbocycles. The molecule has 0 amide bonds. The molecule has 1 heterocycles. The summed E-state index contributed by atoms with van der Waals surface area (Å²) in [5.74, 6) is 1.93. The van der Waals surface area contributed by atoms with Crippen LogP contribution in [-0.4, -0.2) is 41.8 Å². The first-order valence-corrected chi connectivity index (χ1v) is 7.21. The average molecular weight is 240 g/mol. The lowest BCUT2D eigenvalue weighted by atomic mass is 9.78. The van der Waals surface area contributed by atoms with Crippen molar-refractivity contribution in [2.75, 3.05) is 26.2 Å². The summed E-state index contributed by atoms with van der Waals surface area (Å²) < 4.78 is 0. The van der Waals surface area contributed by atoms with E-state index in [1.165, 1.54) is 45.3 Å². The average Bonchev–Trinajstić information content (AvgIpc) is 2.28. The molecule has 1 saturated heterocycles. The molecule has 17 heavy (non-hydrogen) atoms. The summed E-state index contributed by atoms with van der Waals surface area (Å²) in [4.78, 5) is 2.63. The summed E-state index contributed by atoms with van der Waals surface area (Å²) in [6, 6.07) is 0. The van der Waals surface area contributed by atoms with E-state index in [4.69, 9.17) is 10.8 Å². The van der Waals surface area contributed by atoms with E-state index >= 15 is 0 Å². The summed E-state index contributed by atoms with van der Waals surface area (Å²) in [5, 5.41) is 9.12. The lowest BCUT2D eigenvalue weighted by Crippen LogP contribution is -2.44. The molecule has 3 N–H and O–H groups in total. The van der Waals surface area contributed by atoms with Gasteiger partial charge in [0.1, 0.15) is 0 Å². The molecular weight excluding hydrogens is 212 g/mol. The number of nitrogens with zero attached hydrogens (tertiary/aromatic N) is 1. The van der Waals surface area contributed by atoms with Crippen LogP contribution in [0.5, 0.6) is 0 Å². The minimum absolute atomic E-state index is 0.0955. The number of rotatable bonds is 5. The van der Waals surface area contributed by atoms with Gasteiger partial charge in [-0.1, -0.05) is 6.42 Å². The Morgan fingerprint density at radius 1 is 1.29 bits per heavy atom. The number of nitrogens with two attached hydrogens (primary N) is 1. The number of aliphatic hydroxyl groups excluding tert-OH is 1. The Morgan fingerprint density at radius 2 is 1.94 bits per heavy atom. The molecular formula is C14H28N2O.